The molecule has 2 aliphatic heterocycles. The highest BCUT2D eigenvalue weighted by atomic mass is 16.6. The predicted molar refractivity (Wildman–Crippen MR) is 167 cm³/mol. The Kier molecular flexibility index (Phi) is 7.04. The predicted octanol–water partition coefficient (Wildman–Crippen LogP) is 4.08. The van der Waals surface area contributed by atoms with Gasteiger partial charge in [0, 0.05) is 85.5 Å². The van der Waals surface area contributed by atoms with E-state index >= 15 is 0 Å². The van der Waals surface area contributed by atoms with Crippen LogP contribution in [0, 0.1) is 0 Å². The van der Waals surface area contributed by atoms with Crippen molar-refractivity contribution in [2.24, 2.45) is 7.05 Å². The van der Waals surface area contributed by atoms with Crippen molar-refractivity contribution in [1.29, 1.82) is 0 Å². The summed E-state index contributed by atoms with van der Waals surface area (Å²) in [5.41, 5.74) is 13.7. The number of nitrogens with one attached hydrogen (secondary N) is 2. The molecule has 0 spiro atoms. The fourth-order valence-electron chi connectivity index (χ4n) is 7.34. The molecule has 220 valence electrons. The smallest absolute Gasteiger partial charge is 0.252 e. The summed E-state index contributed by atoms with van der Waals surface area (Å²) in [6, 6.07) is 6.58. The second-order valence-electron chi connectivity index (χ2n) is 11.8. The lowest BCUT2D eigenvalue weighted by Crippen LogP contribution is -2.46. The lowest BCUT2D eigenvalue weighted by Gasteiger charge is -2.34. The van der Waals surface area contributed by atoms with Gasteiger partial charge in [-0.2, -0.15) is 5.10 Å². The molecule has 2 N–H and O–H groups in total. The van der Waals surface area contributed by atoms with E-state index in [1.807, 2.05) is 18.7 Å². The van der Waals surface area contributed by atoms with Gasteiger partial charge in [-0.05, 0) is 62.5 Å². The highest BCUT2D eigenvalue weighted by molar-refractivity contribution is 6.19. The van der Waals surface area contributed by atoms with Crippen molar-refractivity contribution >= 4 is 33.4 Å². The summed E-state index contributed by atoms with van der Waals surface area (Å²) in [4.78, 5) is 24.0. The summed E-state index contributed by atoms with van der Waals surface area (Å²) in [6.45, 7) is 17.3. The third-order valence-corrected chi connectivity index (χ3v) is 9.40. The zero-order valence-corrected chi connectivity index (χ0v) is 25.1. The van der Waals surface area contributed by atoms with E-state index in [9.17, 15) is 4.79 Å². The fourth-order valence-corrected chi connectivity index (χ4v) is 7.34. The van der Waals surface area contributed by atoms with Crippen molar-refractivity contribution in [1.82, 2.24) is 34.9 Å². The second-order valence-corrected chi connectivity index (χ2v) is 11.8. The molecule has 0 atom stereocenters. The van der Waals surface area contributed by atoms with Crippen LogP contribution in [0.2, 0.25) is 0 Å². The van der Waals surface area contributed by atoms with Crippen LogP contribution in [0.25, 0.3) is 38.6 Å². The zero-order valence-electron chi connectivity index (χ0n) is 25.1. The molecule has 9 nitrogen and oxygen atoms in total. The number of rotatable bonds is 9. The van der Waals surface area contributed by atoms with Crippen molar-refractivity contribution in [2.45, 2.75) is 46.2 Å². The standard InChI is InChI=1S/C33H41N7O2/c1-5-38-14-16-39(17-15-38)12-7-13-40-28-11-8-22(21(3)36-42-6-2)18-24(28)30-25-19-34-33(41)31(25)29-23(32(30)40)9-10-27-26(29)20-37(4)35-27/h8,11,18,20,36H,3,5-7,9-10,12-17,19H2,1-2,4H3,(H,34,41). The van der Waals surface area contributed by atoms with Gasteiger partial charge in [0.2, 0.25) is 0 Å². The summed E-state index contributed by atoms with van der Waals surface area (Å²) in [5, 5.41) is 10.3. The van der Waals surface area contributed by atoms with E-state index < -0.39 is 0 Å². The van der Waals surface area contributed by atoms with Gasteiger partial charge in [-0.15, -0.1) is 0 Å². The molecular weight excluding hydrogens is 526 g/mol. The molecule has 7 rings (SSSR count). The van der Waals surface area contributed by atoms with E-state index in [2.05, 4.69) is 63.1 Å². The number of hydrogen-bond acceptors (Lipinski definition) is 6. The van der Waals surface area contributed by atoms with Gasteiger partial charge < -0.3 is 19.7 Å². The number of fused-ring (bicyclic) bond motifs is 10. The van der Waals surface area contributed by atoms with Gasteiger partial charge in [-0.3, -0.25) is 19.8 Å². The first kappa shape index (κ1) is 27.2. The fraction of sp³-hybridized carbons (Fsp3) is 0.455. The van der Waals surface area contributed by atoms with Crippen molar-refractivity contribution in [3.63, 3.8) is 0 Å². The summed E-state index contributed by atoms with van der Waals surface area (Å²) in [6.07, 6.45) is 4.92. The highest BCUT2D eigenvalue weighted by Gasteiger charge is 2.35. The number of likely N-dealkylation sites (N-methyl/N-ethyl adjacent to an activating group) is 1. The monoisotopic (exact) mass is 567 g/mol. The van der Waals surface area contributed by atoms with Gasteiger partial charge in [-0.25, -0.2) is 0 Å². The molecule has 4 heterocycles. The molecule has 0 bridgehead atoms. The Morgan fingerprint density at radius 2 is 1.88 bits per heavy atom. The maximum Gasteiger partial charge on any atom is 0.252 e. The quantitative estimate of drug-likeness (QED) is 0.297. The molecular formula is C33H41N7O2. The molecule has 1 amide bonds. The van der Waals surface area contributed by atoms with E-state index in [1.54, 1.807) is 0 Å². The van der Waals surface area contributed by atoms with Crippen molar-refractivity contribution in [3.05, 3.63) is 58.9 Å². The first-order valence-electron chi connectivity index (χ1n) is 15.4. The lowest BCUT2D eigenvalue weighted by atomic mass is 9.82. The number of aromatic nitrogens is 3. The molecule has 2 aromatic carbocycles. The van der Waals surface area contributed by atoms with E-state index in [4.69, 9.17) is 9.94 Å². The van der Waals surface area contributed by atoms with Crippen LogP contribution in [0.1, 0.15) is 53.0 Å². The lowest BCUT2D eigenvalue weighted by molar-refractivity contribution is 0.0901. The van der Waals surface area contributed by atoms with Gasteiger partial charge in [0.25, 0.3) is 5.91 Å². The number of benzene rings is 2. The SMILES string of the molecule is C=C(NOCC)c1ccc2c(c1)c1c3c(c4c(c1n2CCCN1CCN(CC)CC1)CCc1nn(C)cc1-4)C(=O)NC3. The second kappa shape index (κ2) is 10.9. The Bertz CT molecular complexity index is 1710. The Labute approximate surface area is 247 Å². The Balaban J connectivity index is 1.38. The number of carbonyl (C=O) groups excluding carboxylic acids is 1. The number of hydrogen-bond donors (Lipinski definition) is 2. The maximum atomic E-state index is 13.4. The van der Waals surface area contributed by atoms with Gasteiger partial charge in [0.05, 0.1) is 29.1 Å². The van der Waals surface area contributed by atoms with Gasteiger partial charge in [-0.1, -0.05) is 19.6 Å². The maximum absolute atomic E-state index is 13.4. The largest absolute Gasteiger partial charge is 0.348 e. The Morgan fingerprint density at radius 1 is 1.07 bits per heavy atom. The molecule has 3 aliphatic rings. The number of carbonyl (C=O) groups is 1. The molecule has 0 saturated carbocycles. The van der Waals surface area contributed by atoms with Crippen LogP contribution in [0.3, 0.4) is 0 Å². The molecule has 2 aromatic heterocycles. The van der Waals surface area contributed by atoms with Gasteiger partial charge in [0.15, 0.2) is 0 Å². The molecule has 42 heavy (non-hydrogen) atoms. The summed E-state index contributed by atoms with van der Waals surface area (Å²) in [5.74, 6) is 0.0190. The van der Waals surface area contributed by atoms with Crippen molar-refractivity contribution in [3.8, 4) is 11.1 Å². The van der Waals surface area contributed by atoms with Gasteiger partial charge >= 0.3 is 0 Å². The normalized spacial score (nSPS) is 17.0. The minimum Gasteiger partial charge on any atom is -0.348 e. The molecule has 0 radical (unpaired) electrons. The van der Waals surface area contributed by atoms with Crippen molar-refractivity contribution in [2.75, 3.05) is 45.9 Å². The minimum atomic E-state index is 0.0190. The van der Waals surface area contributed by atoms with Crippen LogP contribution >= 0.6 is 0 Å². The number of aryl methyl sites for hydroxylation is 4. The van der Waals surface area contributed by atoms with Crippen LogP contribution in [-0.2, 0) is 37.8 Å². The molecule has 4 aromatic rings. The summed E-state index contributed by atoms with van der Waals surface area (Å²) >= 11 is 0. The summed E-state index contributed by atoms with van der Waals surface area (Å²) < 4.78 is 4.43. The van der Waals surface area contributed by atoms with Crippen LogP contribution < -0.4 is 10.8 Å². The number of piperazine rings is 1. The molecule has 9 heteroatoms. The number of amides is 1. The Hall–Kier alpha value is -3.66. The molecule has 0 unspecified atom stereocenters. The zero-order chi connectivity index (χ0) is 29.0. The third kappa shape index (κ3) is 4.42. The van der Waals surface area contributed by atoms with Gasteiger partial charge in [0.1, 0.15) is 0 Å². The van der Waals surface area contributed by atoms with E-state index in [1.165, 1.54) is 27.4 Å². The number of hydroxylamine groups is 1. The van der Waals surface area contributed by atoms with E-state index in [0.29, 0.717) is 13.2 Å². The minimum absolute atomic E-state index is 0.0190. The number of nitrogens with zero attached hydrogens (tertiary/aromatic N) is 5. The van der Waals surface area contributed by atoms with E-state index in [-0.39, 0.29) is 5.91 Å². The Morgan fingerprint density at radius 3 is 2.67 bits per heavy atom. The van der Waals surface area contributed by atoms with Crippen LogP contribution in [-0.4, -0.2) is 75.9 Å². The van der Waals surface area contributed by atoms with Crippen LogP contribution in [0.15, 0.2) is 31.0 Å². The molecule has 1 fully saturated rings. The first-order valence-corrected chi connectivity index (χ1v) is 15.4. The van der Waals surface area contributed by atoms with E-state index in [0.717, 1.165) is 104 Å². The highest BCUT2D eigenvalue weighted by Crippen LogP contribution is 2.47. The molecule has 1 saturated heterocycles. The van der Waals surface area contributed by atoms with Crippen LogP contribution in [0.5, 0.6) is 0 Å². The van der Waals surface area contributed by atoms with Crippen molar-refractivity contribution < 1.29 is 9.63 Å². The average Bonchev–Trinajstić information content (AvgIpc) is 3.68. The molecule has 1 aliphatic carbocycles. The topological polar surface area (TPSA) is 79.6 Å². The third-order valence-electron chi connectivity index (χ3n) is 9.40. The summed E-state index contributed by atoms with van der Waals surface area (Å²) in [7, 11) is 1.97. The van der Waals surface area contributed by atoms with Crippen LogP contribution in [0.4, 0.5) is 0 Å². The average molecular weight is 568 g/mol. The first-order chi connectivity index (χ1) is 20.5.